The van der Waals surface area contributed by atoms with Gasteiger partial charge in [0.2, 0.25) is 13.6 Å². The molecule has 4 heterocycles. The number of benzene rings is 2. The molecule has 7 heteroatoms. The van der Waals surface area contributed by atoms with Crippen LogP contribution in [0, 0.1) is 0 Å². The van der Waals surface area contributed by atoms with Crippen LogP contribution in [0.5, 0.6) is 23.0 Å². The van der Waals surface area contributed by atoms with E-state index >= 15 is 0 Å². The van der Waals surface area contributed by atoms with Crippen molar-refractivity contribution in [3.63, 3.8) is 0 Å². The van der Waals surface area contributed by atoms with Crippen molar-refractivity contribution in [3.05, 3.63) is 52.7 Å². The van der Waals surface area contributed by atoms with Gasteiger partial charge in [0, 0.05) is 11.1 Å². The van der Waals surface area contributed by atoms with E-state index in [2.05, 4.69) is 26.4 Å². The molecule has 2 atom stereocenters. The number of quaternary nitrogens is 1. The summed E-state index contributed by atoms with van der Waals surface area (Å²) < 4.78 is 28.5. The zero-order valence-corrected chi connectivity index (χ0v) is 15.4. The van der Waals surface area contributed by atoms with E-state index in [1.807, 2.05) is 24.3 Å². The van der Waals surface area contributed by atoms with E-state index in [0.29, 0.717) is 27.3 Å². The number of hydrogen-bond donors (Lipinski definition) is 0. The average Bonchev–Trinajstić information content (AvgIpc) is 3.37. The minimum Gasteiger partial charge on any atom is -0.454 e. The van der Waals surface area contributed by atoms with Crippen LogP contribution in [0.1, 0.15) is 39.2 Å². The zero-order chi connectivity index (χ0) is 19.0. The molecular weight excluding hydrogens is 362 g/mol. The molecule has 4 aliphatic rings. The van der Waals surface area contributed by atoms with Gasteiger partial charge >= 0.3 is 5.97 Å². The van der Waals surface area contributed by atoms with Crippen LogP contribution in [0.25, 0.3) is 6.08 Å². The van der Waals surface area contributed by atoms with Gasteiger partial charge in [-0.1, -0.05) is 6.07 Å². The highest BCUT2D eigenvalue weighted by Gasteiger charge is 2.49. The number of nitrogens with zero attached hydrogens (tertiary/aromatic N) is 1. The molecule has 0 spiro atoms. The van der Waals surface area contributed by atoms with Crippen molar-refractivity contribution in [1.82, 2.24) is 0 Å². The fourth-order valence-corrected chi connectivity index (χ4v) is 4.52. The number of hydrogen-bond acceptors (Lipinski definition) is 6. The minimum absolute atomic E-state index is 0.115. The smallest absolute Gasteiger partial charge is 0.343 e. The molecule has 2 aromatic rings. The van der Waals surface area contributed by atoms with Crippen LogP contribution in [0.2, 0.25) is 0 Å². The predicted octanol–water partition coefficient (Wildman–Crippen LogP) is 3.16. The SMILES string of the molecule is C[N+]1(C)C=Cc2cc3c(cc2[C@H]1[C@@H]1OC(=O)c2c1ccc1c2OCO1)OCO3. The number of fused-ring (bicyclic) bond motifs is 5. The first kappa shape index (κ1) is 15.8. The summed E-state index contributed by atoms with van der Waals surface area (Å²) in [5.41, 5.74) is 3.39. The summed E-state index contributed by atoms with van der Waals surface area (Å²) >= 11 is 0. The first-order valence-corrected chi connectivity index (χ1v) is 9.12. The largest absolute Gasteiger partial charge is 0.454 e. The second-order valence-electron chi connectivity index (χ2n) is 7.81. The second kappa shape index (κ2) is 5.20. The lowest BCUT2D eigenvalue weighted by atomic mass is 9.87. The predicted molar refractivity (Wildman–Crippen MR) is 97.2 cm³/mol. The molecule has 0 saturated heterocycles. The van der Waals surface area contributed by atoms with Crippen LogP contribution in [-0.4, -0.2) is 38.1 Å². The number of carbonyl (C=O) groups is 1. The highest BCUT2D eigenvalue weighted by atomic mass is 16.7. The quantitative estimate of drug-likeness (QED) is 0.559. The van der Waals surface area contributed by atoms with Crippen LogP contribution in [-0.2, 0) is 4.74 Å². The van der Waals surface area contributed by atoms with Crippen LogP contribution < -0.4 is 18.9 Å². The Kier molecular flexibility index (Phi) is 2.94. The number of rotatable bonds is 1. The summed E-state index contributed by atoms with van der Waals surface area (Å²) in [5, 5.41) is 0. The van der Waals surface area contributed by atoms with Crippen molar-refractivity contribution >= 4 is 12.0 Å². The third-order valence-electron chi connectivity index (χ3n) is 5.86. The molecule has 0 aliphatic carbocycles. The molecule has 0 bridgehead atoms. The molecule has 28 heavy (non-hydrogen) atoms. The fraction of sp³-hybridized carbons (Fsp3) is 0.286. The molecule has 0 unspecified atom stereocenters. The van der Waals surface area contributed by atoms with Gasteiger partial charge in [0.15, 0.2) is 35.1 Å². The maximum Gasteiger partial charge on any atom is 0.343 e. The lowest BCUT2D eigenvalue weighted by molar-refractivity contribution is -0.877. The number of likely N-dealkylation sites (N-methyl/N-ethyl adjacent to an activating group) is 1. The van der Waals surface area contributed by atoms with Gasteiger partial charge in [-0.15, -0.1) is 0 Å². The molecule has 0 amide bonds. The second-order valence-corrected chi connectivity index (χ2v) is 7.81. The van der Waals surface area contributed by atoms with Crippen molar-refractivity contribution in [2.75, 3.05) is 27.7 Å². The molecule has 0 radical (unpaired) electrons. The molecule has 2 aromatic carbocycles. The standard InChI is InChI=1S/C21H18NO6/c1-22(2)6-5-11-7-15-16(26-9-25-15)8-13(11)18(22)19-12-3-4-14-20(27-10-24-14)17(12)21(23)28-19/h3-8,18-19H,9-10H2,1-2H3/q+1/t18-,19+/m0/s1. The maximum absolute atomic E-state index is 12.8. The van der Waals surface area contributed by atoms with E-state index in [9.17, 15) is 4.79 Å². The summed E-state index contributed by atoms with van der Waals surface area (Å²) in [6.07, 6.45) is 3.73. The van der Waals surface area contributed by atoms with Gasteiger partial charge in [0.05, 0.1) is 20.3 Å². The Hall–Kier alpha value is -3.19. The molecule has 4 aliphatic heterocycles. The normalized spacial score (nSPS) is 24.7. The van der Waals surface area contributed by atoms with Gasteiger partial charge in [0.1, 0.15) is 5.56 Å². The van der Waals surface area contributed by atoms with Gasteiger partial charge in [-0.2, -0.15) is 0 Å². The van der Waals surface area contributed by atoms with Crippen molar-refractivity contribution < 1.29 is 33.0 Å². The third kappa shape index (κ3) is 1.99. The molecule has 0 saturated carbocycles. The first-order chi connectivity index (χ1) is 13.5. The topological polar surface area (TPSA) is 63.2 Å². The van der Waals surface area contributed by atoms with E-state index in [0.717, 1.165) is 22.4 Å². The highest BCUT2D eigenvalue weighted by Crippen LogP contribution is 2.53. The number of cyclic esters (lactones) is 1. The van der Waals surface area contributed by atoms with E-state index in [4.69, 9.17) is 23.7 Å². The van der Waals surface area contributed by atoms with Gasteiger partial charge in [-0.3, -0.25) is 4.48 Å². The average molecular weight is 380 g/mol. The van der Waals surface area contributed by atoms with Crippen LogP contribution in [0.15, 0.2) is 30.5 Å². The number of carbonyl (C=O) groups excluding carboxylic acids is 1. The molecular formula is C21H18NO6+. The summed E-state index contributed by atoms with van der Waals surface area (Å²) in [6, 6.07) is 7.60. The van der Waals surface area contributed by atoms with E-state index in [1.54, 1.807) is 0 Å². The highest BCUT2D eigenvalue weighted by molar-refractivity contribution is 5.98. The Morgan fingerprint density at radius 3 is 2.54 bits per heavy atom. The fourth-order valence-electron chi connectivity index (χ4n) is 4.52. The van der Waals surface area contributed by atoms with Gasteiger partial charge in [-0.05, 0) is 29.8 Å². The first-order valence-electron chi connectivity index (χ1n) is 9.12. The molecule has 142 valence electrons. The Balaban J connectivity index is 1.53. The van der Waals surface area contributed by atoms with E-state index < -0.39 is 6.10 Å². The summed E-state index contributed by atoms with van der Waals surface area (Å²) in [4.78, 5) is 12.8. The van der Waals surface area contributed by atoms with Gasteiger partial charge < -0.3 is 23.7 Å². The van der Waals surface area contributed by atoms with E-state index in [1.165, 1.54) is 0 Å². The summed E-state index contributed by atoms with van der Waals surface area (Å²) in [5.74, 6) is 2.14. The summed E-state index contributed by atoms with van der Waals surface area (Å²) in [7, 11) is 4.18. The van der Waals surface area contributed by atoms with Crippen molar-refractivity contribution in [1.29, 1.82) is 0 Å². The van der Waals surface area contributed by atoms with Crippen molar-refractivity contribution in [2.45, 2.75) is 12.1 Å². The van der Waals surface area contributed by atoms with Crippen molar-refractivity contribution in [2.24, 2.45) is 0 Å². The van der Waals surface area contributed by atoms with E-state index in [-0.39, 0.29) is 25.6 Å². The molecule has 0 N–H and O–H groups in total. The Morgan fingerprint density at radius 1 is 0.929 bits per heavy atom. The Labute approximate surface area is 161 Å². The monoisotopic (exact) mass is 380 g/mol. The van der Waals surface area contributed by atoms with Crippen LogP contribution in [0.3, 0.4) is 0 Å². The zero-order valence-electron chi connectivity index (χ0n) is 15.4. The minimum atomic E-state index is -0.448. The van der Waals surface area contributed by atoms with Gasteiger partial charge in [0.25, 0.3) is 0 Å². The lowest BCUT2D eigenvalue weighted by Gasteiger charge is -2.40. The number of esters is 1. The van der Waals surface area contributed by atoms with Gasteiger partial charge in [-0.25, -0.2) is 4.79 Å². The third-order valence-corrected chi connectivity index (χ3v) is 5.86. The lowest BCUT2D eigenvalue weighted by Crippen LogP contribution is -2.43. The van der Waals surface area contributed by atoms with Crippen LogP contribution >= 0.6 is 0 Å². The number of ether oxygens (including phenoxy) is 5. The summed E-state index contributed by atoms with van der Waals surface area (Å²) in [6.45, 7) is 0.333. The molecule has 6 rings (SSSR count). The Bertz CT molecular complexity index is 1070. The molecule has 0 aromatic heterocycles. The Morgan fingerprint density at radius 2 is 1.68 bits per heavy atom. The van der Waals surface area contributed by atoms with Crippen molar-refractivity contribution in [3.8, 4) is 23.0 Å². The molecule has 7 nitrogen and oxygen atoms in total. The molecule has 0 fully saturated rings. The van der Waals surface area contributed by atoms with Crippen LogP contribution in [0.4, 0.5) is 0 Å². The maximum atomic E-state index is 12.8.